The Hall–Kier alpha value is 0.310. The van der Waals surface area contributed by atoms with Gasteiger partial charge in [-0.3, -0.25) is 0 Å². The van der Waals surface area contributed by atoms with Gasteiger partial charge in [0.05, 0.1) is 0 Å². The van der Waals surface area contributed by atoms with E-state index < -0.39 is 0 Å². The molecular weight excluding hydrogens is 214 g/mol. The maximum absolute atomic E-state index is 3.83. The molecule has 0 spiro atoms. The van der Waals surface area contributed by atoms with E-state index in [1.165, 1.54) is 37.2 Å². The molecule has 1 aliphatic rings. The second kappa shape index (κ2) is 7.60. The molecular formula is C14H29NS. The number of nitrogens with one attached hydrogen (secondary N) is 1. The smallest absolute Gasteiger partial charge is 0.00746 e. The summed E-state index contributed by atoms with van der Waals surface area (Å²) < 4.78 is 0. The van der Waals surface area contributed by atoms with Gasteiger partial charge >= 0.3 is 0 Å². The van der Waals surface area contributed by atoms with Crippen LogP contribution in [0.25, 0.3) is 0 Å². The Morgan fingerprint density at radius 2 is 1.81 bits per heavy atom. The lowest BCUT2D eigenvalue weighted by molar-refractivity contribution is 0.227. The molecule has 3 atom stereocenters. The van der Waals surface area contributed by atoms with Crippen LogP contribution in [-0.4, -0.2) is 23.6 Å². The van der Waals surface area contributed by atoms with Crippen molar-refractivity contribution in [2.24, 2.45) is 11.8 Å². The van der Waals surface area contributed by atoms with Crippen molar-refractivity contribution in [2.75, 3.05) is 11.5 Å². The average Bonchev–Trinajstić information content (AvgIpc) is 2.16. The maximum atomic E-state index is 3.83. The molecule has 1 N–H and O–H groups in total. The first-order valence-electron chi connectivity index (χ1n) is 6.95. The van der Waals surface area contributed by atoms with Crippen molar-refractivity contribution in [3.8, 4) is 0 Å². The van der Waals surface area contributed by atoms with Crippen LogP contribution in [0.15, 0.2) is 0 Å². The topological polar surface area (TPSA) is 12.0 Å². The van der Waals surface area contributed by atoms with E-state index in [2.05, 4.69) is 44.8 Å². The fraction of sp³-hybridized carbons (Fsp3) is 1.00. The highest BCUT2D eigenvalue weighted by Gasteiger charge is 2.24. The Bertz CT molecular complexity index is 174. The van der Waals surface area contributed by atoms with Crippen LogP contribution in [0.3, 0.4) is 0 Å². The third-order valence-electron chi connectivity index (χ3n) is 3.60. The van der Waals surface area contributed by atoms with Gasteiger partial charge in [0, 0.05) is 12.1 Å². The van der Waals surface area contributed by atoms with Gasteiger partial charge in [-0.2, -0.15) is 11.8 Å². The average molecular weight is 243 g/mol. The van der Waals surface area contributed by atoms with Gasteiger partial charge in [-0.05, 0) is 55.9 Å². The van der Waals surface area contributed by atoms with Crippen molar-refractivity contribution in [1.29, 1.82) is 0 Å². The molecule has 16 heavy (non-hydrogen) atoms. The summed E-state index contributed by atoms with van der Waals surface area (Å²) in [6.07, 6.45) is 5.52. The molecule has 96 valence electrons. The van der Waals surface area contributed by atoms with Crippen molar-refractivity contribution >= 4 is 11.8 Å². The van der Waals surface area contributed by atoms with E-state index >= 15 is 0 Å². The molecule has 1 rings (SSSR count). The molecule has 1 fully saturated rings. The van der Waals surface area contributed by atoms with Crippen LogP contribution in [0.2, 0.25) is 0 Å². The highest BCUT2D eigenvalue weighted by atomic mass is 32.2. The molecule has 0 aromatic carbocycles. The second-order valence-corrected chi connectivity index (χ2v) is 7.06. The molecule has 1 saturated carbocycles. The minimum atomic E-state index is 0.696. The van der Waals surface area contributed by atoms with Crippen LogP contribution < -0.4 is 5.32 Å². The van der Waals surface area contributed by atoms with E-state index in [1.54, 1.807) is 0 Å². The molecule has 1 nitrogen and oxygen atoms in total. The summed E-state index contributed by atoms with van der Waals surface area (Å²) in [5.74, 6) is 4.39. The van der Waals surface area contributed by atoms with E-state index in [0.29, 0.717) is 6.04 Å². The molecule has 0 amide bonds. The summed E-state index contributed by atoms with van der Waals surface area (Å²) >= 11 is 2.06. The van der Waals surface area contributed by atoms with E-state index in [4.69, 9.17) is 0 Å². The highest BCUT2D eigenvalue weighted by molar-refractivity contribution is 7.99. The standard InChI is InChI=1S/C14H29NS/c1-5-16-7-6-13(4)15-14-9-11(2)8-12(3)10-14/h11-15H,5-10H2,1-4H3. The number of rotatable bonds is 6. The van der Waals surface area contributed by atoms with Crippen molar-refractivity contribution < 1.29 is 0 Å². The largest absolute Gasteiger partial charge is 0.311 e. The molecule has 0 saturated heterocycles. The molecule has 0 aliphatic heterocycles. The molecule has 0 heterocycles. The SMILES string of the molecule is CCSCCC(C)NC1CC(C)CC(C)C1. The first-order chi connectivity index (χ1) is 7.61. The van der Waals surface area contributed by atoms with Crippen LogP contribution in [-0.2, 0) is 0 Å². The third kappa shape index (κ3) is 5.58. The lowest BCUT2D eigenvalue weighted by Crippen LogP contribution is -2.41. The molecule has 0 aromatic rings. The summed E-state index contributed by atoms with van der Waals surface area (Å²) in [6, 6.07) is 1.47. The van der Waals surface area contributed by atoms with Crippen molar-refractivity contribution in [3.05, 3.63) is 0 Å². The van der Waals surface area contributed by atoms with Crippen molar-refractivity contribution in [2.45, 2.75) is 65.5 Å². The van der Waals surface area contributed by atoms with Gasteiger partial charge in [0.1, 0.15) is 0 Å². The normalized spacial score (nSPS) is 32.6. The van der Waals surface area contributed by atoms with Crippen LogP contribution in [0.5, 0.6) is 0 Å². The zero-order valence-electron chi connectivity index (χ0n) is 11.5. The zero-order chi connectivity index (χ0) is 12.0. The lowest BCUT2D eigenvalue weighted by Gasteiger charge is -2.34. The first-order valence-corrected chi connectivity index (χ1v) is 8.11. The first kappa shape index (κ1) is 14.4. The summed E-state index contributed by atoms with van der Waals surface area (Å²) in [5.41, 5.74) is 0. The molecule has 0 aromatic heterocycles. The van der Waals surface area contributed by atoms with Gasteiger partial charge in [-0.15, -0.1) is 0 Å². The van der Waals surface area contributed by atoms with E-state index in [-0.39, 0.29) is 0 Å². The predicted octanol–water partition coefficient (Wildman–Crippen LogP) is 3.93. The fourth-order valence-corrected chi connectivity index (χ4v) is 3.78. The maximum Gasteiger partial charge on any atom is 0.00746 e. The van der Waals surface area contributed by atoms with Crippen molar-refractivity contribution in [3.63, 3.8) is 0 Å². The van der Waals surface area contributed by atoms with E-state index in [9.17, 15) is 0 Å². The predicted molar refractivity (Wildman–Crippen MR) is 76.2 cm³/mol. The molecule has 3 unspecified atom stereocenters. The van der Waals surface area contributed by atoms with Gasteiger partial charge in [0.25, 0.3) is 0 Å². The second-order valence-electron chi connectivity index (χ2n) is 5.67. The van der Waals surface area contributed by atoms with Gasteiger partial charge in [0.2, 0.25) is 0 Å². The van der Waals surface area contributed by atoms with Crippen LogP contribution >= 0.6 is 11.8 Å². The molecule has 0 bridgehead atoms. The Morgan fingerprint density at radius 1 is 1.19 bits per heavy atom. The Balaban J connectivity index is 2.19. The Kier molecular flexibility index (Phi) is 6.83. The fourth-order valence-electron chi connectivity index (χ4n) is 2.97. The van der Waals surface area contributed by atoms with Crippen molar-refractivity contribution in [1.82, 2.24) is 5.32 Å². The Morgan fingerprint density at radius 3 is 2.38 bits per heavy atom. The summed E-state index contributed by atoms with van der Waals surface area (Å²) in [4.78, 5) is 0. The number of hydrogen-bond donors (Lipinski definition) is 1. The summed E-state index contributed by atoms with van der Waals surface area (Å²) in [5, 5.41) is 3.83. The van der Waals surface area contributed by atoms with Gasteiger partial charge < -0.3 is 5.32 Å². The molecule has 2 heteroatoms. The zero-order valence-corrected chi connectivity index (χ0v) is 12.3. The number of hydrogen-bond acceptors (Lipinski definition) is 2. The minimum Gasteiger partial charge on any atom is -0.311 e. The lowest BCUT2D eigenvalue weighted by atomic mass is 9.80. The molecule has 0 radical (unpaired) electrons. The van der Waals surface area contributed by atoms with Gasteiger partial charge in [-0.25, -0.2) is 0 Å². The molecule has 1 aliphatic carbocycles. The van der Waals surface area contributed by atoms with Crippen LogP contribution in [0.1, 0.15) is 53.4 Å². The summed E-state index contributed by atoms with van der Waals surface area (Å²) in [7, 11) is 0. The monoisotopic (exact) mass is 243 g/mol. The van der Waals surface area contributed by atoms with Crippen LogP contribution in [0.4, 0.5) is 0 Å². The third-order valence-corrected chi connectivity index (χ3v) is 4.53. The van der Waals surface area contributed by atoms with Crippen LogP contribution in [0, 0.1) is 11.8 Å². The quantitative estimate of drug-likeness (QED) is 0.709. The minimum absolute atomic E-state index is 0.696. The van der Waals surface area contributed by atoms with Gasteiger partial charge in [0.15, 0.2) is 0 Å². The van der Waals surface area contributed by atoms with E-state index in [0.717, 1.165) is 17.9 Å². The number of thioether (sulfide) groups is 1. The highest BCUT2D eigenvalue weighted by Crippen LogP contribution is 2.28. The Labute approximate surface area is 106 Å². The van der Waals surface area contributed by atoms with E-state index in [1.807, 2.05) is 0 Å². The summed E-state index contributed by atoms with van der Waals surface area (Å²) in [6.45, 7) is 9.40. The van der Waals surface area contributed by atoms with Gasteiger partial charge in [-0.1, -0.05) is 20.8 Å².